The minimum Gasteiger partial charge on any atom is -0.405 e. The minimum atomic E-state index is -0.335. The van der Waals surface area contributed by atoms with Crippen molar-refractivity contribution in [3.63, 3.8) is 0 Å². The number of carbonyl (C=O) groups excluding carboxylic acids is 1. The Morgan fingerprint density at radius 3 is 2.74 bits per heavy atom. The van der Waals surface area contributed by atoms with E-state index < -0.39 is 0 Å². The Labute approximate surface area is 112 Å². The molecule has 1 atom stereocenters. The summed E-state index contributed by atoms with van der Waals surface area (Å²) in [5.41, 5.74) is 7.02. The third kappa shape index (κ3) is 3.42. The molecule has 1 aliphatic rings. The van der Waals surface area contributed by atoms with Gasteiger partial charge in [0.2, 0.25) is 0 Å². The molecule has 0 bridgehead atoms. The highest BCUT2D eigenvalue weighted by molar-refractivity contribution is 6.06. The van der Waals surface area contributed by atoms with Crippen molar-refractivity contribution in [2.75, 3.05) is 11.9 Å². The normalized spacial score (nSPS) is 18.6. The zero-order valence-electron chi connectivity index (χ0n) is 10.6. The first-order chi connectivity index (χ1) is 9.20. The van der Waals surface area contributed by atoms with Crippen molar-refractivity contribution in [1.82, 2.24) is 0 Å². The van der Waals surface area contributed by atoms with Gasteiger partial charge in [0, 0.05) is 12.3 Å². The van der Waals surface area contributed by atoms with Crippen LogP contribution in [0.3, 0.4) is 0 Å². The van der Waals surface area contributed by atoms with E-state index in [0.717, 1.165) is 18.4 Å². The van der Waals surface area contributed by atoms with E-state index in [4.69, 9.17) is 15.9 Å². The maximum atomic E-state index is 11.8. The summed E-state index contributed by atoms with van der Waals surface area (Å²) in [5.74, 6) is -0.109. The molecule has 5 heteroatoms. The van der Waals surface area contributed by atoms with E-state index in [2.05, 4.69) is 5.32 Å². The lowest BCUT2D eigenvalue weighted by atomic mass is 10.1. The van der Waals surface area contributed by atoms with Gasteiger partial charge in [-0.1, -0.05) is 12.1 Å². The highest BCUT2D eigenvalue weighted by Crippen LogP contribution is 2.16. The van der Waals surface area contributed by atoms with Crippen LogP contribution in [-0.2, 0) is 9.53 Å². The van der Waals surface area contributed by atoms with E-state index in [9.17, 15) is 4.79 Å². The molecule has 1 fully saturated rings. The molecule has 0 saturated carbocycles. The first kappa shape index (κ1) is 13.3. The number of allylic oxidation sites excluding steroid dienone is 1. The Hall–Kier alpha value is -2.14. The topological polar surface area (TPSA) is 88.2 Å². The lowest BCUT2D eigenvalue weighted by Crippen LogP contribution is -2.26. The Morgan fingerprint density at radius 1 is 1.42 bits per heavy atom. The molecule has 0 radical (unpaired) electrons. The Bertz CT molecular complexity index is 488. The molecule has 1 aromatic rings. The van der Waals surface area contributed by atoms with Crippen LogP contribution in [0.1, 0.15) is 18.4 Å². The first-order valence-electron chi connectivity index (χ1n) is 6.20. The van der Waals surface area contributed by atoms with Gasteiger partial charge in [0.15, 0.2) is 0 Å². The fraction of sp³-hybridized carbons (Fsp3) is 0.286. The van der Waals surface area contributed by atoms with E-state index in [0.29, 0.717) is 18.0 Å². The predicted molar refractivity (Wildman–Crippen MR) is 74.2 cm³/mol. The number of hydrogen-bond acceptors (Lipinski definition) is 4. The lowest BCUT2D eigenvalue weighted by molar-refractivity contribution is -0.124. The van der Waals surface area contributed by atoms with Crippen LogP contribution in [-0.4, -0.2) is 24.3 Å². The summed E-state index contributed by atoms with van der Waals surface area (Å²) in [6.07, 6.45) is 4.21. The average molecular weight is 259 g/mol. The van der Waals surface area contributed by atoms with Crippen molar-refractivity contribution in [3.8, 4) is 0 Å². The number of nitrogens with two attached hydrogens (primary N) is 1. The van der Waals surface area contributed by atoms with Crippen LogP contribution >= 0.6 is 0 Å². The summed E-state index contributed by atoms with van der Waals surface area (Å²) in [5, 5.41) is 10.5. The van der Waals surface area contributed by atoms with Crippen LogP contribution in [0.15, 0.2) is 36.5 Å². The summed E-state index contributed by atoms with van der Waals surface area (Å²) in [7, 11) is 0. The second kappa shape index (κ2) is 6.15. The monoisotopic (exact) mass is 259 g/mol. The molecule has 1 saturated heterocycles. The van der Waals surface area contributed by atoms with E-state index in [1.54, 1.807) is 24.3 Å². The van der Waals surface area contributed by atoms with Crippen LogP contribution in [0.4, 0.5) is 5.69 Å². The fourth-order valence-corrected chi connectivity index (χ4v) is 1.93. The standard InChI is InChI=1S/C14H17N3O2/c15-8-7-12(16)10-3-5-11(6-4-10)17-14(18)13-2-1-9-19-13/h3-8,13,16H,1-2,9,15H2,(H,17,18)/t13-/m1/s1. The first-order valence-corrected chi connectivity index (χ1v) is 6.20. The summed E-state index contributed by atoms with van der Waals surface area (Å²) in [6.45, 7) is 0.652. The molecule has 4 N–H and O–H groups in total. The summed E-state index contributed by atoms with van der Waals surface area (Å²) >= 11 is 0. The van der Waals surface area contributed by atoms with Gasteiger partial charge in [-0.2, -0.15) is 0 Å². The quantitative estimate of drug-likeness (QED) is 0.718. The number of ether oxygens (including phenoxy) is 1. The van der Waals surface area contributed by atoms with Gasteiger partial charge in [0.05, 0.1) is 5.71 Å². The van der Waals surface area contributed by atoms with Crippen LogP contribution < -0.4 is 11.1 Å². The lowest BCUT2D eigenvalue weighted by Gasteiger charge is -2.10. The van der Waals surface area contributed by atoms with Crippen LogP contribution in [0.2, 0.25) is 0 Å². The summed E-state index contributed by atoms with van der Waals surface area (Å²) in [6, 6.07) is 7.07. The van der Waals surface area contributed by atoms with Gasteiger partial charge >= 0.3 is 0 Å². The molecule has 2 rings (SSSR count). The third-order valence-corrected chi connectivity index (χ3v) is 2.95. The number of rotatable bonds is 4. The molecule has 1 amide bonds. The molecule has 0 aliphatic carbocycles. The van der Waals surface area contributed by atoms with E-state index in [-0.39, 0.29) is 12.0 Å². The maximum absolute atomic E-state index is 11.8. The molecular formula is C14H17N3O2. The highest BCUT2D eigenvalue weighted by atomic mass is 16.5. The number of hydrogen-bond donors (Lipinski definition) is 3. The Morgan fingerprint density at radius 2 is 2.16 bits per heavy atom. The average Bonchev–Trinajstić information content (AvgIpc) is 2.94. The van der Waals surface area contributed by atoms with Crippen LogP contribution in [0.25, 0.3) is 0 Å². The zero-order chi connectivity index (χ0) is 13.7. The smallest absolute Gasteiger partial charge is 0.253 e. The molecule has 19 heavy (non-hydrogen) atoms. The number of nitrogens with one attached hydrogen (secondary N) is 2. The van der Waals surface area contributed by atoms with E-state index in [1.807, 2.05) is 0 Å². The van der Waals surface area contributed by atoms with Crippen molar-refractivity contribution >= 4 is 17.3 Å². The van der Waals surface area contributed by atoms with Gasteiger partial charge in [-0.15, -0.1) is 0 Å². The van der Waals surface area contributed by atoms with Gasteiger partial charge in [-0.05, 0) is 42.8 Å². The predicted octanol–water partition coefficient (Wildman–Crippen LogP) is 1.64. The molecule has 1 aromatic carbocycles. The summed E-state index contributed by atoms with van der Waals surface area (Å²) in [4.78, 5) is 11.8. The maximum Gasteiger partial charge on any atom is 0.253 e. The molecule has 100 valence electrons. The molecule has 0 unspecified atom stereocenters. The van der Waals surface area contributed by atoms with Crippen molar-refractivity contribution in [3.05, 3.63) is 42.1 Å². The fourth-order valence-electron chi connectivity index (χ4n) is 1.93. The summed E-state index contributed by atoms with van der Waals surface area (Å²) < 4.78 is 5.31. The number of carbonyl (C=O) groups is 1. The SMILES string of the molecule is N=C(C=CN)c1ccc(NC(=O)[C@H]2CCCO2)cc1. The van der Waals surface area contributed by atoms with Crippen molar-refractivity contribution in [2.45, 2.75) is 18.9 Å². The van der Waals surface area contributed by atoms with Gasteiger partial charge in [0.1, 0.15) is 6.10 Å². The molecule has 5 nitrogen and oxygen atoms in total. The largest absolute Gasteiger partial charge is 0.405 e. The Kier molecular flexibility index (Phi) is 4.30. The molecular weight excluding hydrogens is 242 g/mol. The molecule has 0 spiro atoms. The highest BCUT2D eigenvalue weighted by Gasteiger charge is 2.23. The van der Waals surface area contributed by atoms with Gasteiger partial charge in [-0.25, -0.2) is 0 Å². The van der Waals surface area contributed by atoms with Crippen LogP contribution in [0.5, 0.6) is 0 Å². The zero-order valence-corrected chi connectivity index (χ0v) is 10.6. The van der Waals surface area contributed by atoms with Gasteiger partial charge in [0.25, 0.3) is 5.91 Å². The second-order valence-electron chi connectivity index (χ2n) is 4.34. The van der Waals surface area contributed by atoms with E-state index in [1.165, 1.54) is 12.3 Å². The van der Waals surface area contributed by atoms with Crippen molar-refractivity contribution in [1.29, 1.82) is 5.41 Å². The van der Waals surface area contributed by atoms with Crippen LogP contribution in [0, 0.1) is 5.41 Å². The second-order valence-corrected chi connectivity index (χ2v) is 4.34. The number of anilines is 1. The number of amides is 1. The molecule has 0 aromatic heterocycles. The Balaban J connectivity index is 1.98. The third-order valence-electron chi connectivity index (χ3n) is 2.95. The van der Waals surface area contributed by atoms with Gasteiger partial charge in [-0.3, -0.25) is 4.79 Å². The number of benzene rings is 1. The van der Waals surface area contributed by atoms with Crippen molar-refractivity contribution in [2.24, 2.45) is 5.73 Å². The molecule has 1 heterocycles. The van der Waals surface area contributed by atoms with Crippen molar-refractivity contribution < 1.29 is 9.53 Å². The molecule has 1 aliphatic heterocycles. The minimum absolute atomic E-state index is 0.109. The van der Waals surface area contributed by atoms with Gasteiger partial charge < -0.3 is 21.2 Å². The van der Waals surface area contributed by atoms with E-state index >= 15 is 0 Å².